The molecular formula is C25H32N4O3. The van der Waals surface area contributed by atoms with Gasteiger partial charge in [0.2, 0.25) is 5.91 Å². The second-order valence-electron chi connectivity index (χ2n) is 8.14. The number of ether oxygens (including phenoxy) is 1. The van der Waals surface area contributed by atoms with Gasteiger partial charge in [-0.1, -0.05) is 49.4 Å². The van der Waals surface area contributed by atoms with Crippen LogP contribution in [-0.2, 0) is 9.59 Å². The van der Waals surface area contributed by atoms with Gasteiger partial charge in [0.05, 0.1) is 32.0 Å². The van der Waals surface area contributed by atoms with E-state index in [9.17, 15) is 9.59 Å². The van der Waals surface area contributed by atoms with E-state index >= 15 is 0 Å². The molecule has 0 radical (unpaired) electrons. The Bertz CT molecular complexity index is 941. The second kappa shape index (κ2) is 10.9. The van der Waals surface area contributed by atoms with E-state index < -0.39 is 0 Å². The summed E-state index contributed by atoms with van der Waals surface area (Å²) in [4.78, 5) is 29.1. The average molecular weight is 437 g/mol. The summed E-state index contributed by atoms with van der Waals surface area (Å²) < 4.78 is 5.28. The molecule has 1 unspecified atom stereocenters. The molecule has 0 aromatic heterocycles. The molecule has 0 bridgehead atoms. The fraction of sp³-hybridized carbons (Fsp3) is 0.400. The molecule has 170 valence electrons. The van der Waals surface area contributed by atoms with E-state index in [-0.39, 0.29) is 30.9 Å². The van der Waals surface area contributed by atoms with Gasteiger partial charge in [0.1, 0.15) is 5.75 Å². The molecule has 0 aliphatic carbocycles. The average Bonchev–Trinajstić information content (AvgIpc) is 3.25. The summed E-state index contributed by atoms with van der Waals surface area (Å²) in [5.74, 6) is 0.634. The maximum atomic E-state index is 13.4. The zero-order valence-electron chi connectivity index (χ0n) is 19.3. The molecule has 0 N–H and O–H groups in total. The third-order valence-corrected chi connectivity index (χ3v) is 5.53. The lowest BCUT2D eigenvalue weighted by Gasteiger charge is -2.27. The third-order valence-electron chi connectivity index (χ3n) is 5.53. The highest BCUT2D eigenvalue weighted by Gasteiger charge is 2.34. The van der Waals surface area contributed by atoms with Gasteiger partial charge in [-0.15, -0.1) is 0 Å². The van der Waals surface area contributed by atoms with Crippen molar-refractivity contribution >= 4 is 17.5 Å². The van der Waals surface area contributed by atoms with Crippen molar-refractivity contribution in [3.63, 3.8) is 0 Å². The third kappa shape index (κ3) is 5.73. The monoisotopic (exact) mass is 436 g/mol. The minimum Gasteiger partial charge on any atom is -0.497 e. The van der Waals surface area contributed by atoms with Gasteiger partial charge in [0.15, 0.2) is 0 Å². The molecule has 2 aromatic rings. The van der Waals surface area contributed by atoms with Crippen LogP contribution in [0.5, 0.6) is 5.75 Å². The molecule has 0 saturated heterocycles. The maximum absolute atomic E-state index is 13.4. The van der Waals surface area contributed by atoms with Gasteiger partial charge in [-0.05, 0) is 36.2 Å². The Morgan fingerprint density at radius 2 is 1.75 bits per heavy atom. The van der Waals surface area contributed by atoms with Crippen molar-refractivity contribution in [3.05, 3.63) is 65.7 Å². The molecule has 2 amide bonds. The predicted octanol–water partition coefficient (Wildman–Crippen LogP) is 3.17. The summed E-state index contributed by atoms with van der Waals surface area (Å²) in [6, 6.07) is 17.5. The van der Waals surface area contributed by atoms with Gasteiger partial charge >= 0.3 is 0 Å². The summed E-state index contributed by atoms with van der Waals surface area (Å²) in [6.45, 7) is 3.06. The van der Waals surface area contributed by atoms with Crippen LogP contribution >= 0.6 is 0 Å². The van der Waals surface area contributed by atoms with Gasteiger partial charge in [-0.2, -0.15) is 5.10 Å². The molecule has 7 nitrogen and oxygen atoms in total. The number of nitrogens with zero attached hydrogens (tertiary/aromatic N) is 4. The van der Waals surface area contributed by atoms with Crippen LogP contribution in [0.1, 0.15) is 36.9 Å². The Hall–Kier alpha value is -3.19. The van der Waals surface area contributed by atoms with Crippen molar-refractivity contribution in [1.29, 1.82) is 0 Å². The minimum absolute atomic E-state index is 0.0205. The molecule has 0 spiro atoms. The summed E-state index contributed by atoms with van der Waals surface area (Å²) in [5, 5.41) is 6.32. The van der Waals surface area contributed by atoms with Crippen LogP contribution in [-0.4, -0.2) is 73.2 Å². The molecule has 1 atom stereocenters. The van der Waals surface area contributed by atoms with Crippen LogP contribution in [0.25, 0.3) is 0 Å². The molecule has 1 aliphatic rings. The van der Waals surface area contributed by atoms with Crippen LogP contribution in [0.3, 0.4) is 0 Å². The minimum atomic E-state index is -0.198. The fourth-order valence-corrected chi connectivity index (χ4v) is 3.76. The Morgan fingerprint density at radius 1 is 1.06 bits per heavy atom. The molecule has 2 aromatic carbocycles. The molecule has 32 heavy (non-hydrogen) atoms. The van der Waals surface area contributed by atoms with Crippen molar-refractivity contribution in [3.8, 4) is 5.75 Å². The first-order chi connectivity index (χ1) is 15.4. The number of likely N-dealkylation sites (N-methyl/N-ethyl adjacent to an activating group) is 1. The molecule has 3 rings (SSSR count). The van der Waals surface area contributed by atoms with E-state index in [0.29, 0.717) is 13.0 Å². The number of benzene rings is 2. The van der Waals surface area contributed by atoms with Crippen molar-refractivity contribution in [2.75, 3.05) is 40.8 Å². The van der Waals surface area contributed by atoms with E-state index in [1.54, 1.807) is 31.1 Å². The van der Waals surface area contributed by atoms with Gasteiger partial charge in [-0.3, -0.25) is 14.5 Å². The van der Waals surface area contributed by atoms with Crippen LogP contribution in [0.2, 0.25) is 0 Å². The molecule has 1 aliphatic heterocycles. The Balaban J connectivity index is 1.85. The number of carbonyl (C=O) groups is 2. The first kappa shape index (κ1) is 23.5. The van der Waals surface area contributed by atoms with Crippen LogP contribution in [0, 0.1) is 0 Å². The van der Waals surface area contributed by atoms with E-state index in [1.807, 2.05) is 66.4 Å². The van der Waals surface area contributed by atoms with Crippen molar-refractivity contribution in [1.82, 2.24) is 14.8 Å². The van der Waals surface area contributed by atoms with E-state index in [2.05, 4.69) is 0 Å². The van der Waals surface area contributed by atoms with E-state index in [4.69, 9.17) is 9.84 Å². The molecule has 1 heterocycles. The SMILES string of the molecule is CCCN(CC(=O)N(C)C)CC(=O)N1N=C(c2ccccc2)CC1c1ccc(OC)cc1. The highest BCUT2D eigenvalue weighted by molar-refractivity contribution is 6.03. The number of methoxy groups -OCH3 is 1. The maximum Gasteiger partial charge on any atom is 0.257 e. The Morgan fingerprint density at radius 3 is 2.34 bits per heavy atom. The van der Waals surface area contributed by atoms with Crippen molar-refractivity contribution in [2.45, 2.75) is 25.8 Å². The normalized spacial score (nSPS) is 15.6. The largest absolute Gasteiger partial charge is 0.497 e. The summed E-state index contributed by atoms with van der Waals surface area (Å²) in [6.07, 6.45) is 1.49. The van der Waals surface area contributed by atoms with Crippen molar-refractivity contribution in [2.24, 2.45) is 5.10 Å². The van der Waals surface area contributed by atoms with Gasteiger partial charge in [0, 0.05) is 20.5 Å². The number of carbonyl (C=O) groups excluding carboxylic acids is 2. The van der Waals surface area contributed by atoms with Gasteiger partial charge in [-0.25, -0.2) is 5.01 Å². The van der Waals surface area contributed by atoms with Gasteiger partial charge in [0.25, 0.3) is 5.91 Å². The zero-order valence-corrected chi connectivity index (χ0v) is 19.3. The quantitative estimate of drug-likeness (QED) is 0.606. The Kier molecular flexibility index (Phi) is 8.00. The second-order valence-corrected chi connectivity index (χ2v) is 8.14. The highest BCUT2D eigenvalue weighted by Crippen LogP contribution is 2.33. The lowest BCUT2D eigenvalue weighted by molar-refractivity contribution is -0.136. The topological polar surface area (TPSA) is 65.5 Å². The van der Waals surface area contributed by atoms with Crippen LogP contribution in [0.15, 0.2) is 59.7 Å². The lowest BCUT2D eigenvalue weighted by atomic mass is 9.98. The number of hydrazone groups is 1. The molecule has 0 saturated carbocycles. The zero-order chi connectivity index (χ0) is 23.1. The van der Waals surface area contributed by atoms with Gasteiger partial charge < -0.3 is 9.64 Å². The number of amides is 2. The van der Waals surface area contributed by atoms with E-state index in [1.165, 1.54) is 0 Å². The Labute approximate surface area is 190 Å². The number of hydrogen-bond donors (Lipinski definition) is 0. The first-order valence-corrected chi connectivity index (χ1v) is 10.9. The van der Waals surface area contributed by atoms with Crippen LogP contribution in [0.4, 0.5) is 0 Å². The lowest BCUT2D eigenvalue weighted by Crippen LogP contribution is -2.43. The van der Waals surface area contributed by atoms with E-state index in [0.717, 1.165) is 29.0 Å². The fourth-order valence-electron chi connectivity index (χ4n) is 3.76. The molecule has 7 heteroatoms. The number of hydrogen-bond acceptors (Lipinski definition) is 5. The molecule has 0 fully saturated rings. The summed E-state index contributed by atoms with van der Waals surface area (Å²) in [7, 11) is 5.09. The summed E-state index contributed by atoms with van der Waals surface area (Å²) in [5.41, 5.74) is 2.89. The first-order valence-electron chi connectivity index (χ1n) is 10.9. The van der Waals surface area contributed by atoms with Crippen LogP contribution < -0.4 is 4.74 Å². The van der Waals surface area contributed by atoms with Crippen molar-refractivity contribution < 1.29 is 14.3 Å². The predicted molar refractivity (Wildman–Crippen MR) is 126 cm³/mol. The standard InChI is InChI=1S/C25H32N4O3/c1-5-15-28(17-24(30)27(2)3)18-25(31)29-23(20-11-13-21(32-4)14-12-20)16-22(26-29)19-9-7-6-8-10-19/h6-14,23H,5,15-18H2,1-4H3. The summed E-state index contributed by atoms with van der Waals surface area (Å²) >= 11 is 0. The number of rotatable bonds is 9. The highest BCUT2D eigenvalue weighted by atomic mass is 16.5. The smallest absolute Gasteiger partial charge is 0.257 e. The molecular weight excluding hydrogens is 404 g/mol.